The number of aryl methyl sites for hydroxylation is 2. The molecular formula is C15H18FNO2. The van der Waals surface area contributed by atoms with Gasteiger partial charge in [0.15, 0.2) is 6.10 Å². The van der Waals surface area contributed by atoms with Crippen LogP contribution in [0.4, 0.5) is 4.39 Å². The zero-order valence-electron chi connectivity index (χ0n) is 11.3. The lowest BCUT2D eigenvalue weighted by molar-refractivity contribution is 0.150. The maximum atomic E-state index is 13.3. The number of furan rings is 1. The van der Waals surface area contributed by atoms with Crippen molar-refractivity contribution in [2.45, 2.75) is 32.9 Å². The standard InChI is InChI=1S/C15H18FNO2/c1-9-4-6-12(16)8-14(9)19-15(11(3)17)13-7-5-10(2)18-13/h4-8,11,15H,17H2,1-3H3. The molecule has 19 heavy (non-hydrogen) atoms. The van der Waals surface area contributed by atoms with Gasteiger partial charge in [-0.05, 0) is 44.5 Å². The van der Waals surface area contributed by atoms with Crippen molar-refractivity contribution in [1.82, 2.24) is 0 Å². The van der Waals surface area contributed by atoms with Gasteiger partial charge < -0.3 is 14.9 Å². The average Bonchev–Trinajstić information content (AvgIpc) is 2.76. The second-order valence-corrected chi connectivity index (χ2v) is 4.76. The minimum atomic E-state index is -0.436. The van der Waals surface area contributed by atoms with Crippen LogP contribution in [0.15, 0.2) is 34.7 Å². The van der Waals surface area contributed by atoms with E-state index in [1.165, 1.54) is 12.1 Å². The van der Waals surface area contributed by atoms with Crippen molar-refractivity contribution in [1.29, 1.82) is 0 Å². The summed E-state index contributed by atoms with van der Waals surface area (Å²) in [6.45, 7) is 5.55. The lowest BCUT2D eigenvalue weighted by atomic mass is 10.1. The van der Waals surface area contributed by atoms with E-state index in [4.69, 9.17) is 14.9 Å². The van der Waals surface area contributed by atoms with Crippen molar-refractivity contribution in [2.24, 2.45) is 5.73 Å². The smallest absolute Gasteiger partial charge is 0.171 e. The van der Waals surface area contributed by atoms with E-state index in [-0.39, 0.29) is 11.9 Å². The summed E-state index contributed by atoms with van der Waals surface area (Å²) in [6, 6.07) is 7.86. The third kappa shape index (κ3) is 3.15. The van der Waals surface area contributed by atoms with E-state index >= 15 is 0 Å². The van der Waals surface area contributed by atoms with Crippen molar-refractivity contribution in [3.05, 3.63) is 53.2 Å². The number of nitrogens with two attached hydrogens (primary N) is 1. The Morgan fingerprint density at radius 1 is 1.21 bits per heavy atom. The number of hydrogen-bond donors (Lipinski definition) is 1. The summed E-state index contributed by atoms with van der Waals surface area (Å²) in [5.41, 5.74) is 6.79. The highest BCUT2D eigenvalue weighted by Gasteiger charge is 2.22. The second-order valence-electron chi connectivity index (χ2n) is 4.76. The van der Waals surface area contributed by atoms with Crippen LogP contribution >= 0.6 is 0 Å². The topological polar surface area (TPSA) is 48.4 Å². The summed E-state index contributed by atoms with van der Waals surface area (Å²) in [6.07, 6.45) is -0.436. The molecule has 1 aromatic carbocycles. The molecule has 0 saturated heterocycles. The molecule has 2 aromatic rings. The molecule has 0 aliphatic rings. The van der Waals surface area contributed by atoms with Gasteiger partial charge in [0.2, 0.25) is 0 Å². The molecule has 0 saturated carbocycles. The van der Waals surface area contributed by atoms with E-state index in [0.717, 1.165) is 11.3 Å². The largest absolute Gasteiger partial charge is 0.480 e. The molecule has 1 aromatic heterocycles. The van der Waals surface area contributed by atoms with Crippen molar-refractivity contribution in [3.63, 3.8) is 0 Å². The van der Waals surface area contributed by atoms with E-state index in [9.17, 15) is 4.39 Å². The Balaban J connectivity index is 2.29. The highest BCUT2D eigenvalue weighted by molar-refractivity contribution is 5.33. The van der Waals surface area contributed by atoms with Gasteiger partial charge in [-0.2, -0.15) is 0 Å². The lowest BCUT2D eigenvalue weighted by Crippen LogP contribution is -2.29. The van der Waals surface area contributed by atoms with Crippen LogP contribution in [0.5, 0.6) is 5.75 Å². The third-order valence-corrected chi connectivity index (χ3v) is 2.92. The van der Waals surface area contributed by atoms with Crippen molar-refractivity contribution in [3.8, 4) is 5.75 Å². The van der Waals surface area contributed by atoms with Crippen LogP contribution in [-0.4, -0.2) is 6.04 Å². The Bertz CT molecular complexity index is 563. The van der Waals surface area contributed by atoms with Crippen LogP contribution in [0.1, 0.15) is 30.1 Å². The van der Waals surface area contributed by atoms with Crippen molar-refractivity contribution < 1.29 is 13.5 Å². The number of ether oxygens (including phenoxy) is 1. The summed E-state index contributed by atoms with van der Waals surface area (Å²) in [4.78, 5) is 0. The first-order chi connectivity index (χ1) is 8.97. The minimum Gasteiger partial charge on any atom is -0.480 e. The van der Waals surface area contributed by atoms with Gasteiger partial charge in [-0.25, -0.2) is 4.39 Å². The fraction of sp³-hybridized carbons (Fsp3) is 0.333. The zero-order valence-corrected chi connectivity index (χ0v) is 11.3. The van der Waals surface area contributed by atoms with Gasteiger partial charge in [0.25, 0.3) is 0 Å². The highest BCUT2D eigenvalue weighted by atomic mass is 19.1. The molecule has 2 rings (SSSR count). The Labute approximate surface area is 112 Å². The molecule has 2 atom stereocenters. The van der Waals surface area contributed by atoms with Gasteiger partial charge in [0.05, 0.1) is 0 Å². The molecule has 0 bridgehead atoms. The zero-order chi connectivity index (χ0) is 14.0. The molecule has 2 N–H and O–H groups in total. The predicted octanol–water partition coefficient (Wildman–Crippen LogP) is 3.50. The monoisotopic (exact) mass is 263 g/mol. The van der Waals surface area contributed by atoms with Crippen LogP contribution in [0.2, 0.25) is 0 Å². The molecule has 1 heterocycles. The van der Waals surface area contributed by atoms with Crippen LogP contribution in [0, 0.1) is 19.7 Å². The normalized spacial score (nSPS) is 14.2. The summed E-state index contributed by atoms with van der Waals surface area (Å²) >= 11 is 0. The average molecular weight is 263 g/mol. The van der Waals surface area contributed by atoms with E-state index in [1.807, 2.05) is 32.9 Å². The first-order valence-corrected chi connectivity index (χ1v) is 6.22. The molecule has 3 nitrogen and oxygen atoms in total. The Morgan fingerprint density at radius 3 is 2.53 bits per heavy atom. The number of benzene rings is 1. The SMILES string of the molecule is Cc1ccc(C(Oc2cc(F)ccc2C)C(C)N)o1. The van der Waals surface area contributed by atoms with Crippen molar-refractivity contribution in [2.75, 3.05) is 0 Å². The van der Waals surface area contributed by atoms with E-state index in [1.54, 1.807) is 6.07 Å². The Kier molecular flexibility index (Phi) is 3.90. The summed E-state index contributed by atoms with van der Waals surface area (Å²) in [7, 11) is 0. The molecule has 0 amide bonds. The molecule has 2 unspecified atom stereocenters. The fourth-order valence-corrected chi connectivity index (χ4v) is 1.87. The van der Waals surface area contributed by atoms with Crippen LogP contribution in [-0.2, 0) is 0 Å². The van der Waals surface area contributed by atoms with Gasteiger partial charge in [0, 0.05) is 12.1 Å². The molecule has 0 spiro atoms. The van der Waals surface area contributed by atoms with Gasteiger partial charge in [0.1, 0.15) is 23.1 Å². The van der Waals surface area contributed by atoms with Gasteiger partial charge in [-0.15, -0.1) is 0 Å². The van der Waals surface area contributed by atoms with Gasteiger partial charge >= 0.3 is 0 Å². The van der Waals surface area contributed by atoms with Crippen LogP contribution < -0.4 is 10.5 Å². The third-order valence-electron chi connectivity index (χ3n) is 2.92. The van der Waals surface area contributed by atoms with Gasteiger partial charge in [-0.3, -0.25) is 0 Å². The Morgan fingerprint density at radius 2 is 1.95 bits per heavy atom. The molecule has 102 valence electrons. The van der Waals surface area contributed by atoms with Gasteiger partial charge in [-0.1, -0.05) is 6.07 Å². The quantitative estimate of drug-likeness (QED) is 0.918. The fourth-order valence-electron chi connectivity index (χ4n) is 1.87. The number of hydrogen-bond acceptors (Lipinski definition) is 3. The van der Waals surface area contributed by atoms with E-state index in [2.05, 4.69) is 0 Å². The summed E-state index contributed by atoms with van der Waals surface area (Å²) < 4.78 is 24.6. The second kappa shape index (κ2) is 5.45. The Hall–Kier alpha value is -1.81. The number of halogens is 1. The maximum absolute atomic E-state index is 13.3. The van der Waals surface area contributed by atoms with Crippen molar-refractivity contribution >= 4 is 0 Å². The molecule has 0 aliphatic heterocycles. The molecule has 0 fully saturated rings. The molecular weight excluding hydrogens is 245 g/mol. The molecule has 0 aliphatic carbocycles. The van der Waals surface area contributed by atoms with E-state index < -0.39 is 6.10 Å². The maximum Gasteiger partial charge on any atom is 0.171 e. The van der Waals surface area contributed by atoms with E-state index in [0.29, 0.717) is 11.5 Å². The van der Waals surface area contributed by atoms with Crippen LogP contribution in [0.3, 0.4) is 0 Å². The first-order valence-electron chi connectivity index (χ1n) is 6.22. The molecule has 4 heteroatoms. The number of rotatable bonds is 4. The minimum absolute atomic E-state index is 0.270. The lowest BCUT2D eigenvalue weighted by Gasteiger charge is -2.21. The highest BCUT2D eigenvalue weighted by Crippen LogP contribution is 2.28. The predicted molar refractivity (Wildman–Crippen MR) is 71.6 cm³/mol. The summed E-state index contributed by atoms with van der Waals surface area (Å²) in [5.74, 6) is 1.59. The first kappa shape index (κ1) is 13.6. The molecule has 0 radical (unpaired) electrons. The summed E-state index contributed by atoms with van der Waals surface area (Å²) in [5, 5.41) is 0. The van der Waals surface area contributed by atoms with Crippen LogP contribution in [0.25, 0.3) is 0 Å².